The summed E-state index contributed by atoms with van der Waals surface area (Å²) >= 11 is 1.92. The Hall–Kier alpha value is -2.67. The monoisotopic (exact) mass is 428 g/mol. The van der Waals surface area contributed by atoms with Crippen LogP contribution in [-0.4, -0.2) is 36.5 Å². The van der Waals surface area contributed by atoms with Gasteiger partial charge in [0.1, 0.15) is 17.2 Å². The number of methoxy groups -OCH3 is 1. The molecule has 1 aromatic carbocycles. The number of carbonyl (C=O) groups excluding carboxylic acids is 2. The van der Waals surface area contributed by atoms with Gasteiger partial charge in [-0.15, -0.1) is 0 Å². The van der Waals surface area contributed by atoms with Crippen molar-refractivity contribution in [1.29, 1.82) is 0 Å². The van der Waals surface area contributed by atoms with Crippen LogP contribution in [0.15, 0.2) is 52.8 Å². The third-order valence-electron chi connectivity index (χ3n) is 4.97. The fourth-order valence-corrected chi connectivity index (χ4v) is 4.55. The van der Waals surface area contributed by atoms with Crippen LogP contribution in [0.5, 0.6) is 5.75 Å². The molecule has 0 bridgehead atoms. The second kappa shape index (κ2) is 11.5. The normalized spacial score (nSPS) is 14.9. The van der Waals surface area contributed by atoms with E-state index in [0.29, 0.717) is 28.9 Å². The van der Waals surface area contributed by atoms with Crippen LogP contribution in [0.25, 0.3) is 6.08 Å². The number of amides is 2. The second-order valence-corrected chi connectivity index (χ2v) is 8.55. The molecule has 1 heterocycles. The zero-order chi connectivity index (χ0) is 21.2. The van der Waals surface area contributed by atoms with Gasteiger partial charge in [-0.3, -0.25) is 9.59 Å². The molecule has 3 rings (SSSR count). The maximum atomic E-state index is 12.7. The Bertz CT molecular complexity index is 841. The van der Waals surface area contributed by atoms with Gasteiger partial charge in [0.25, 0.3) is 11.8 Å². The third-order valence-corrected chi connectivity index (χ3v) is 6.35. The van der Waals surface area contributed by atoms with Gasteiger partial charge < -0.3 is 19.8 Å². The Morgan fingerprint density at radius 2 is 1.93 bits per heavy atom. The largest absolute Gasteiger partial charge is 0.497 e. The molecule has 0 unspecified atom stereocenters. The van der Waals surface area contributed by atoms with E-state index in [4.69, 9.17) is 9.15 Å². The number of hydrogen-bond donors (Lipinski definition) is 2. The van der Waals surface area contributed by atoms with Crippen molar-refractivity contribution in [3.63, 3.8) is 0 Å². The summed E-state index contributed by atoms with van der Waals surface area (Å²) in [6, 6.07) is 10.2. The summed E-state index contributed by atoms with van der Waals surface area (Å²) in [5.41, 5.74) is 0.579. The van der Waals surface area contributed by atoms with Crippen molar-refractivity contribution in [2.75, 3.05) is 19.4 Å². The molecule has 1 aliphatic rings. The second-order valence-electron chi connectivity index (χ2n) is 7.14. The third kappa shape index (κ3) is 6.69. The molecule has 0 saturated heterocycles. The van der Waals surface area contributed by atoms with Crippen LogP contribution < -0.4 is 15.4 Å². The van der Waals surface area contributed by atoms with Crippen LogP contribution in [0, 0.1) is 0 Å². The summed E-state index contributed by atoms with van der Waals surface area (Å²) in [4.78, 5) is 25.3. The van der Waals surface area contributed by atoms with Gasteiger partial charge in [0, 0.05) is 29.2 Å². The molecule has 30 heavy (non-hydrogen) atoms. The van der Waals surface area contributed by atoms with Crippen LogP contribution in [-0.2, 0) is 4.79 Å². The number of rotatable bonds is 9. The number of thioether (sulfide) groups is 1. The Labute approximate surface area is 181 Å². The highest BCUT2D eigenvalue weighted by Gasteiger charge is 2.16. The lowest BCUT2D eigenvalue weighted by molar-refractivity contribution is -0.117. The first kappa shape index (κ1) is 22.0. The number of carbonyl (C=O) groups is 2. The predicted octanol–water partition coefficient (Wildman–Crippen LogP) is 4.24. The Balaban J connectivity index is 1.58. The molecule has 1 aromatic heterocycles. The van der Waals surface area contributed by atoms with Crippen LogP contribution in [0.1, 0.15) is 48.2 Å². The summed E-state index contributed by atoms with van der Waals surface area (Å²) in [7, 11) is 1.57. The lowest BCUT2D eigenvalue weighted by atomic mass is 10.0. The minimum Gasteiger partial charge on any atom is -0.497 e. The summed E-state index contributed by atoms with van der Waals surface area (Å²) in [6.45, 7) is 0.550. The van der Waals surface area contributed by atoms with E-state index in [9.17, 15) is 9.59 Å². The number of benzene rings is 1. The minimum atomic E-state index is -0.373. The van der Waals surface area contributed by atoms with Gasteiger partial charge in [-0.05, 0) is 49.2 Å². The molecule has 0 radical (unpaired) electrons. The average molecular weight is 429 g/mol. The SMILES string of the molecule is COc1ccc(C(=O)N/C(=C\c2ccco2)C(=O)NCCSC2CCCCC2)cc1. The van der Waals surface area contributed by atoms with E-state index in [2.05, 4.69) is 10.6 Å². The highest BCUT2D eigenvalue weighted by molar-refractivity contribution is 7.99. The lowest BCUT2D eigenvalue weighted by Crippen LogP contribution is -2.36. The van der Waals surface area contributed by atoms with E-state index in [1.807, 2.05) is 11.8 Å². The van der Waals surface area contributed by atoms with Crippen LogP contribution in [0.3, 0.4) is 0 Å². The van der Waals surface area contributed by atoms with Crippen molar-refractivity contribution in [1.82, 2.24) is 10.6 Å². The number of furan rings is 1. The van der Waals surface area contributed by atoms with E-state index in [0.717, 1.165) is 5.75 Å². The molecular formula is C23H28N2O4S. The molecule has 0 aliphatic heterocycles. The zero-order valence-corrected chi connectivity index (χ0v) is 18.0. The zero-order valence-electron chi connectivity index (χ0n) is 17.2. The topological polar surface area (TPSA) is 80.6 Å². The summed E-state index contributed by atoms with van der Waals surface area (Å²) < 4.78 is 10.4. The van der Waals surface area contributed by atoms with E-state index in [1.165, 1.54) is 44.4 Å². The Morgan fingerprint density at radius 1 is 1.17 bits per heavy atom. The van der Waals surface area contributed by atoms with E-state index in [1.54, 1.807) is 43.5 Å². The molecule has 160 valence electrons. The smallest absolute Gasteiger partial charge is 0.267 e. The fourth-order valence-electron chi connectivity index (χ4n) is 3.33. The number of hydrogen-bond acceptors (Lipinski definition) is 5. The van der Waals surface area contributed by atoms with Gasteiger partial charge in [0.2, 0.25) is 0 Å². The number of ether oxygens (including phenoxy) is 1. The molecular weight excluding hydrogens is 400 g/mol. The number of nitrogens with one attached hydrogen (secondary N) is 2. The first-order valence-corrected chi connectivity index (χ1v) is 11.3. The van der Waals surface area contributed by atoms with Gasteiger partial charge in [-0.1, -0.05) is 19.3 Å². The summed E-state index contributed by atoms with van der Waals surface area (Å²) in [6.07, 6.45) is 9.52. The van der Waals surface area contributed by atoms with Crippen molar-refractivity contribution in [2.45, 2.75) is 37.4 Å². The highest BCUT2D eigenvalue weighted by Crippen LogP contribution is 2.27. The van der Waals surface area contributed by atoms with Crippen LogP contribution >= 0.6 is 11.8 Å². The molecule has 1 saturated carbocycles. The standard InChI is InChI=1S/C23H28N2O4S/c1-28-18-11-9-17(10-12-18)22(26)25-21(16-19-6-5-14-29-19)23(27)24-13-15-30-20-7-3-2-4-8-20/h5-6,9-12,14,16,20H,2-4,7-8,13,15H2,1H3,(H,24,27)(H,25,26)/b21-16-. The van der Waals surface area contributed by atoms with Crippen molar-refractivity contribution >= 4 is 29.7 Å². The highest BCUT2D eigenvalue weighted by atomic mass is 32.2. The van der Waals surface area contributed by atoms with Crippen molar-refractivity contribution in [3.8, 4) is 5.75 Å². The molecule has 1 aliphatic carbocycles. The maximum Gasteiger partial charge on any atom is 0.267 e. The predicted molar refractivity (Wildman–Crippen MR) is 119 cm³/mol. The molecule has 0 spiro atoms. The van der Waals surface area contributed by atoms with Gasteiger partial charge in [0.15, 0.2) is 0 Å². The van der Waals surface area contributed by atoms with E-state index >= 15 is 0 Å². The van der Waals surface area contributed by atoms with Crippen molar-refractivity contribution in [2.24, 2.45) is 0 Å². The fraction of sp³-hybridized carbons (Fsp3) is 0.391. The van der Waals surface area contributed by atoms with Crippen LogP contribution in [0.4, 0.5) is 0 Å². The first-order chi connectivity index (χ1) is 14.7. The lowest BCUT2D eigenvalue weighted by Gasteiger charge is -2.21. The molecule has 0 atom stereocenters. The van der Waals surface area contributed by atoms with Gasteiger partial charge in [-0.25, -0.2) is 0 Å². The van der Waals surface area contributed by atoms with Crippen molar-refractivity contribution in [3.05, 3.63) is 59.7 Å². The van der Waals surface area contributed by atoms with Crippen molar-refractivity contribution < 1.29 is 18.7 Å². The molecule has 2 amide bonds. The van der Waals surface area contributed by atoms with Gasteiger partial charge in [-0.2, -0.15) is 11.8 Å². The van der Waals surface area contributed by atoms with Crippen LogP contribution in [0.2, 0.25) is 0 Å². The van der Waals surface area contributed by atoms with Gasteiger partial charge >= 0.3 is 0 Å². The first-order valence-electron chi connectivity index (χ1n) is 10.3. The summed E-state index contributed by atoms with van der Waals surface area (Å²) in [5.74, 6) is 1.30. The van der Waals surface area contributed by atoms with E-state index in [-0.39, 0.29) is 17.5 Å². The van der Waals surface area contributed by atoms with Gasteiger partial charge in [0.05, 0.1) is 13.4 Å². The molecule has 6 nitrogen and oxygen atoms in total. The maximum absolute atomic E-state index is 12.7. The Kier molecular flexibility index (Phi) is 8.44. The summed E-state index contributed by atoms with van der Waals surface area (Å²) in [5, 5.41) is 6.30. The molecule has 1 fully saturated rings. The van der Waals surface area contributed by atoms with E-state index < -0.39 is 0 Å². The molecule has 7 heteroatoms. The average Bonchev–Trinajstić information content (AvgIpc) is 3.30. The molecule has 2 aromatic rings. The Morgan fingerprint density at radius 3 is 2.60 bits per heavy atom. The minimum absolute atomic E-state index is 0.147. The quantitative estimate of drug-likeness (QED) is 0.461. The molecule has 2 N–H and O–H groups in total.